The monoisotopic (exact) mass is 262 g/mol. The lowest BCUT2D eigenvalue weighted by molar-refractivity contribution is -0.121. The Kier molecular flexibility index (Phi) is 3.51. The molecule has 0 aliphatic heterocycles. The van der Waals surface area contributed by atoms with Crippen LogP contribution in [0.25, 0.3) is 0 Å². The molecule has 0 spiro atoms. The van der Waals surface area contributed by atoms with Crippen molar-refractivity contribution in [2.24, 2.45) is 0 Å². The number of hydrogen-bond acceptors (Lipinski definition) is 4. The second-order valence-electron chi connectivity index (χ2n) is 4.74. The van der Waals surface area contributed by atoms with E-state index in [1.807, 2.05) is 4.98 Å². The number of aromatic amines is 2. The fourth-order valence-corrected chi connectivity index (χ4v) is 2.34. The Balaban J connectivity index is 2.07. The minimum atomic E-state index is -0.793. The van der Waals surface area contributed by atoms with Crippen LogP contribution >= 0.6 is 0 Å². The second kappa shape index (κ2) is 5.10. The Morgan fingerprint density at radius 3 is 2.63 bits per heavy atom. The Morgan fingerprint density at radius 1 is 1.37 bits per heavy atom. The van der Waals surface area contributed by atoms with E-state index < -0.39 is 16.8 Å². The SMILES string of the molecule is N#CC1(NC(=O)Cc2cc(=O)[nH]c(=O)[nH]2)CCCC1. The van der Waals surface area contributed by atoms with E-state index in [1.165, 1.54) is 0 Å². The van der Waals surface area contributed by atoms with E-state index in [1.54, 1.807) is 0 Å². The number of aromatic nitrogens is 2. The molecule has 19 heavy (non-hydrogen) atoms. The molecule has 0 saturated heterocycles. The zero-order valence-electron chi connectivity index (χ0n) is 10.3. The van der Waals surface area contributed by atoms with E-state index >= 15 is 0 Å². The smallest absolute Gasteiger partial charge is 0.325 e. The maximum absolute atomic E-state index is 11.9. The van der Waals surface area contributed by atoms with Crippen molar-refractivity contribution in [3.05, 3.63) is 32.6 Å². The van der Waals surface area contributed by atoms with E-state index in [0.717, 1.165) is 18.9 Å². The molecule has 1 aliphatic rings. The molecule has 7 nitrogen and oxygen atoms in total. The Hall–Kier alpha value is -2.36. The van der Waals surface area contributed by atoms with Crippen molar-refractivity contribution in [3.8, 4) is 6.07 Å². The van der Waals surface area contributed by atoms with E-state index in [4.69, 9.17) is 5.26 Å². The standard InChI is InChI=1S/C12H14N4O3/c13-7-12(3-1-2-4-12)16-10(18)6-8-5-9(17)15-11(19)14-8/h5H,1-4,6H2,(H,16,18)(H2,14,15,17,19). The van der Waals surface area contributed by atoms with Crippen LogP contribution in [0.1, 0.15) is 31.4 Å². The first kappa shape index (κ1) is 13.1. The molecule has 7 heteroatoms. The number of carbonyl (C=O) groups is 1. The summed E-state index contributed by atoms with van der Waals surface area (Å²) in [7, 11) is 0. The van der Waals surface area contributed by atoms with Gasteiger partial charge in [0.1, 0.15) is 5.54 Å². The van der Waals surface area contributed by atoms with Gasteiger partial charge in [-0.3, -0.25) is 14.6 Å². The van der Waals surface area contributed by atoms with Crippen LogP contribution in [0.15, 0.2) is 15.7 Å². The predicted molar refractivity (Wildman–Crippen MR) is 66.3 cm³/mol. The fourth-order valence-electron chi connectivity index (χ4n) is 2.34. The summed E-state index contributed by atoms with van der Waals surface area (Å²) in [5.74, 6) is -0.371. The summed E-state index contributed by atoms with van der Waals surface area (Å²) in [6.07, 6.45) is 2.98. The Bertz CT molecular complexity index is 603. The van der Waals surface area contributed by atoms with Crippen molar-refractivity contribution < 1.29 is 4.79 Å². The van der Waals surface area contributed by atoms with Gasteiger partial charge in [-0.1, -0.05) is 0 Å². The number of nitriles is 1. The molecule has 0 bridgehead atoms. The topological polar surface area (TPSA) is 119 Å². The third-order valence-electron chi connectivity index (χ3n) is 3.22. The zero-order chi connectivity index (χ0) is 13.9. The van der Waals surface area contributed by atoms with Gasteiger partial charge in [-0.25, -0.2) is 4.79 Å². The molecular weight excluding hydrogens is 248 g/mol. The van der Waals surface area contributed by atoms with Crippen LogP contribution in [0.2, 0.25) is 0 Å². The number of nitrogens with one attached hydrogen (secondary N) is 3. The van der Waals surface area contributed by atoms with Gasteiger partial charge in [-0.2, -0.15) is 5.26 Å². The number of rotatable bonds is 3. The van der Waals surface area contributed by atoms with Crippen molar-refractivity contribution in [1.82, 2.24) is 15.3 Å². The molecule has 0 atom stereocenters. The highest BCUT2D eigenvalue weighted by Gasteiger charge is 2.35. The van der Waals surface area contributed by atoms with Gasteiger partial charge in [0.2, 0.25) is 5.91 Å². The molecule has 0 aromatic carbocycles. The lowest BCUT2D eigenvalue weighted by atomic mass is 9.99. The molecule has 1 aromatic heterocycles. The van der Waals surface area contributed by atoms with E-state index in [-0.39, 0.29) is 18.0 Å². The van der Waals surface area contributed by atoms with Gasteiger partial charge >= 0.3 is 5.69 Å². The van der Waals surface area contributed by atoms with E-state index in [2.05, 4.69) is 16.4 Å². The quantitative estimate of drug-likeness (QED) is 0.684. The highest BCUT2D eigenvalue weighted by Crippen LogP contribution is 2.28. The van der Waals surface area contributed by atoms with Crippen LogP contribution in [0.5, 0.6) is 0 Å². The minimum Gasteiger partial charge on any atom is -0.337 e. The van der Waals surface area contributed by atoms with Crippen LogP contribution in [0.3, 0.4) is 0 Å². The first-order chi connectivity index (χ1) is 9.03. The van der Waals surface area contributed by atoms with Gasteiger partial charge in [-0.05, 0) is 25.7 Å². The van der Waals surface area contributed by atoms with Gasteiger partial charge in [-0.15, -0.1) is 0 Å². The number of carbonyl (C=O) groups excluding carboxylic acids is 1. The third kappa shape index (κ3) is 3.10. The maximum Gasteiger partial charge on any atom is 0.325 e. The molecule has 2 rings (SSSR count). The summed E-state index contributed by atoms with van der Waals surface area (Å²) in [5.41, 5.74) is -1.76. The highest BCUT2D eigenvalue weighted by molar-refractivity contribution is 5.79. The van der Waals surface area contributed by atoms with Crippen LogP contribution < -0.4 is 16.6 Å². The van der Waals surface area contributed by atoms with Crippen LogP contribution in [0, 0.1) is 11.3 Å². The van der Waals surface area contributed by atoms with E-state index in [9.17, 15) is 14.4 Å². The molecular formula is C12H14N4O3. The molecule has 1 saturated carbocycles. The first-order valence-corrected chi connectivity index (χ1v) is 6.08. The summed E-state index contributed by atoms with van der Waals surface area (Å²) in [6, 6.07) is 3.31. The highest BCUT2D eigenvalue weighted by atomic mass is 16.2. The lowest BCUT2D eigenvalue weighted by Gasteiger charge is -2.21. The third-order valence-corrected chi connectivity index (χ3v) is 3.22. The number of nitrogens with zero attached hydrogens (tertiary/aromatic N) is 1. The molecule has 0 radical (unpaired) electrons. The van der Waals surface area contributed by atoms with Gasteiger partial charge < -0.3 is 10.3 Å². The van der Waals surface area contributed by atoms with Crippen molar-refractivity contribution >= 4 is 5.91 Å². The summed E-state index contributed by atoms with van der Waals surface area (Å²) in [5, 5.41) is 11.8. The number of amides is 1. The average molecular weight is 262 g/mol. The van der Waals surface area contributed by atoms with Crippen molar-refractivity contribution in [3.63, 3.8) is 0 Å². The van der Waals surface area contributed by atoms with Crippen LogP contribution in [0.4, 0.5) is 0 Å². The van der Waals surface area contributed by atoms with Gasteiger partial charge in [0.25, 0.3) is 5.56 Å². The predicted octanol–water partition coefficient (Wildman–Crippen LogP) is -0.442. The summed E-state index contributed by atoms with van der Waals surface area (Å²) in [4.78, 5) is 38.4. The summed E-state index contributed by atoms with van der Waals surface area (Å²) >= 11 is 0. The van der Waals surface area contributed by atoms with Gasteiger partial charge in [0, 0.05) is 11.8 Å². The molecule has 1 aromatic rings. The van der Waals surface area contributed by atoms with Crippen molar-refractivity contribution in [2.75, 3.05) is 0 Å². The molecule has 1 aliphatic carbocycles. The lowest BCUT2D eigenvalue weighted by Crippen LogP contribution is -2.46. The molecule has 0 unspecified atom stereocenters. The number of H-pyrrole nitrogens is 2. The Labute approximate surface area is 108 Å². The van der Waals surface area contributed by atoms with Gasteiger partial charge in [0.15, 0.2) is 0 Å². The van der Waals surface area contributed by atoms with Crippen molar-refractivity contribution in [2.45, 2.75) is 37.6 Å². The van der Waals surface area contributed by atoms with Crippen LogP contribution in [-0.2, 0) is 11.2 Å². The average Bonchev–Trinajstić information content (AvgIpc) is 2.76. The van der Waals surface area contributed by atoms with E-state index in [0.29, 0.717) is 12.8 Å². The molecule has 1 heterocycles. The normalized spacial score (nSPS) is 16.8. The first-order valence-electron chi connectivity index (χ1n) is 6.08. The second-order valence-corrected chi connectivity index (χ2v) is 4.74. The molecule has 3 N–H and O–H groups in total. The molecule has 100 valence electrons. The zero-order valence-corrected chi connectivity index (χ0v) is 10.3. The largest absolute Gasteiger partial charge is 0.337 e. The Morgan fingerprint density at radius 2 is 2.05 bits per heavy atom. The number of hydrogen-bond donors (Lipinski definition) is 3. The molecule has 1 amide bonds. The maximum atomic E-state index is 11.9. The summed E-state index contributed by atoms with van der Waals surface area (Å²) < 4.78 is 0. The van der Waals surface area contributed by atoms with Gasteiger partial charge in [0.05, 0.1) is 12.5 Å². The minimum absolute atomic E-state index is 0.122. The fraction of sp³-hybridized carbons (Fsp3) is 0.500. The summed E-state index contributed by atoms with van der Waals surface area (Å²) in [6.45, 7) is 0. The van der Waals surface area contributed by atoms with Crippen molar-refractivity contribution in [1.29, 1.82) is 5.26 Å². The van der Waals surface area contributed by atoms with Crippen LogP contribution in [-0.4, -0.2) is 21.4 Å². The molecule has 1 fully saturated rings.